The summed E-state index contributed by atoms with van der Waals surface area (Å²) < 4.78 is 0.989. The normalized spacial score (nSPS) is 12.2. The van der Waals surface area contributed by atoms with Gasteiger partial charge in [0.1, 0.15) is 11.4 Å². The molecule has 0 saturated heterocycles. The number of unbranched alkanes of at least 4 members (excludes halogenated alkanes) is 9. The van der Waals surface area contributed by atoms with E-state index in [1.54, 1.807) is 0 Å². The fraction of sp³-hybridized carbons (Fsp3) is 0.455. The minimum atomic E-state index is 0. The first-order chi connectivity index (χ1) is 17.2. The first-order valence-corrected chi connectivity index (χ1v) is 15.1. The summed E-state index contributed by atoms with van der Waals surface area (Å²) in [6.45, 7) is 3.46. The lowest BCUT2D eigenvalue weighted by molar-refractivity contribution is -0.00000713. The van der Waals surface area contributed by atoms with Gasteiger partial charge in [-0.15, -0.1) is 0 Å². The third-order valence-electron chi connectivity index (χ3n) is 7.75. The molecule has 3 heteroatoms. The number of hydrogen-bond acceptors (Lipinski definition) is 0. The number of halogens is 1. The van der Waals surface area contributed by atoms with Gasteiger partial charge in [0, 0.05) is 6.42 Å². The Morgan fingerprint density at radius 2 is 0.972 bits per heavy atom. The van der Waals surface area contributed by atoms with Gasteiger partial charge < -0.3 is 21.1 Å². The number of quaternary nitrogens is 1. The maximum absolute atomic E-state index is 2.35. The molecule has 0 spiro atoms. The van der Waals surface area contributed by atoms with Gasteiger partial charge >= 0.3 is 0 Å². The van der Waals surface area contributed by atoms with Crippen molar-refractivity contribution in [2.24, 2.45) is 0 Å². The van der Waals surface area contributed by atoms with Crippen molar-refractivity contribution in [1.82, 2.24) is 4.15 Å². The van der Waals surface area contributed by atoms with Gasteiger partial charge in [0.15, 0.2) is 0 Å². The zero-order valence-electron chi connectivity index (χ0n) is 22.8. The highest BCUT2D eigenvalue weighted by Gasteiger charge is 2.28. The molecule has 0 radical (unpaired) electrons. The number of benzene rings is 3. The summed E-state index contributed by atoms with van der Waals surface area (Å²) in [6.07, 6.45) is 16.6. The molecular weight excluding hydrogens is 518 g/mol. The molecule has 3 aromatic carbocycles. The van der Waals surface area contributed by atoms with Crippen molar-refractivity contribution in [2.45, 2.75) is 89.9 Å². The van der Waals surface area contributed by atoms with Crippen LogP contribution in [0.15, 0.2) is 91.0 Å². The van der Waals surface area contributed by atoms with Gasteiger partial charge in [-0.2, -0.15) is 0 Å². The van der Waals surface area contributed by atoms with Crippen LogP contribution in [0.2, 0.25) is 0 Å². The Bertz CT molecular complexity index is 877. The molecule has 0 saturated carbocycles. The smallest absolute Gasteiger partial charge is 0.249 e. The SMILES string of the molecule is CCCCCCCCCCCCC(CC[N+]([SiH3])(c1ccccc1)c1ccccc1)c1ccccc1.[Br-]. The van der Waals surface area contributed by atoms with Crippen molar-refractivity contribution in [3.05, 3.63) is 96.6 Å². The van der Waals surface area contributed by atoms with Crippen LogP contribution >= 0.6 is 0 Å². The van der Waals surface area contributed by atoms with Gasteiger partial charge in [-0.1, -0.05) is 138 Å². The highest BCUT2D eigenvalue weighted by molar-refractivity contribution is 6.17. The number of hydrogen-bond donors (Lipinski definition) is 0. The van der Waals surface area contributed by atoms with Crippen LogP contribution < -0.4 is 21.1 Å². The van der Waals surface area contributed by atoms with Crippen LogP contribution in [0.1, 0.15) is 95.5 Å². The van der Waals surface area contributed by atoms with Gasteiger partial charge in [-0.25, -0.2) is 0 Å². The summed E-state index contributed by atoms with van der Waals surface area (Å²) >= 11 is 0. The molecule has 0 amide bonds. The number of nitrogens with zero attached hydrogens (tertiary/aromatic N) is 1. The molecule has 0 heterocycles. The van der Waals surface area contributed by atoms with E-state index in [0.717, 1.165) is 21.1 Å². The van der Waals surface area contributed by atoms with Crippen LogP contribution in [-0.4, -0.2) is 16.9 Å². The molecule has 0 aromatic heterocycles. The van der Waals surface area contributed by atoms with Crippen molar-refractivity contribution in [3.8, 4) is 0 Å². The van der Waals surface area contributed by atoms with Gasteiger partial charge in [0.2, 0.25) is 10.4 Å². The summed E-state index contributed by atoms with van der Waals surface area (Å²) in [5, 5.41) is 0. The van der Waals surface area contributed by atoms with Crippen molar-refractivity contribution < 1.29 is 17.0 Å². The maximum atomic E-state index is 2.35. The Kier molecular flexibility index (Phi) is 15.0. The Morgan fingerprint density at radius 3 is 1.44 bits per heavy atom. The van der Waals surface area contributed by atoms with E-state index in [2.05, 4.69) is 97.9 Å². The third-order valence-corrected chi connectivity index (χ3v) is 9.23. The van der Waals surface area contributed by atoms with E-state index in [-0.39, 0.29) is 17.0 Å². The van der Waals surface area contributed by atoms with E-state index >= 15 is 0 Å². The van der Waals surface area contributed by atoms with Crippen molar-refractivity contribution in [1.29, 1.82) is 0 Å². The summed E-state index contributed by atoms with van der Waals surface area (Å²) in [5.74, 6) is 0.643. The quantitative estimate of drug-likeness (QED) is 0.137. The molecule has 0 bridgehead atoms. The predicted molar refractivity (Wildman–Crippen MR) is 159 cm³/mol. The second-order valence-electron chi connectivity index (χ2n) is 10.5. The summed E-state index contributed by atoms with van der Waals surface area (Å²) in [6, 6.07) is 33.6. The van der Waals surface area contributed by atoms with Gasteiger partial charge in [-0.3, -0.25) is 0 Å². The summed E-state index contributed by atoms with van der Waals surface area (Å²) in [4.78, 5) is 0. The van der Waals surface area contributed by atoms with Crippen LogP contribution in [0, 0.1) is 0 Å². The summed E-state index contributed by atoms with van der Waals surface area (Å²) in [7, 11) is 1.06. The molecule has 1 nitrogen and oxygen atoms in total. The summed E-state index contributed by atoms with van der Waals surface area (Å²) in [5.41, 5.74) is 4.38. The van der Waals surface area contributed by atoms with E-state index in [9.17, 15) is 0 Å². The molecule has 0 aliphatic carbocycles. The van der Waals surface area contributed by atoms with Crippen LogP contribution in [0.25, 0.3) is 0 Å². The van der Waals surface area contributed by atoms with E-state index < -0.39 is 0 Å². The maximum Gasteiger partial charge on any atom is 0.249 e. The Labute approximate surface area is 235 Å². The average Bonchev–Trinajstić information content (AvgIpc) is 2.92. The lowest BCUT2D eigenvalue weighted by Gasteiger charge is -2.37. The molecule has 196 valence electrons. The predicted octanol–water partition coefficient (Wildman–Crippen LogP) is 6.09. The van der Waals surface area contributed by atoms with E-state index in [1.807, 2.05) is 0 Å². The molecule has 36 heavy (non-hydrogen) atoms. The monoisotopic (exact) mass is 565 g/mol. The molecule has 0 aliphatic heterocycles. The van der Waals surface area contributed by atoms with Crippen LogP contribution in [0.4, 0.5) is 11.4 Å². The fourth-order valence-electron chi connectivity index (χ4n) is 5.42. The molecule has 1 unspecified atom stereocenters. The number of rotatable bonds is 17. The van der Waals surface area contributed by atoms with Crippen molar-refractivity contribution >= 4 is 21.8 Å². The molecule has 1 atom stereocenters. The first kappa shape index (κ1) is 30.5. The van der Waals surface area contributed by atoms with E-state index in [4.69, 9.17) is 0 Å². The standard InChI is InChI=1S/C33H48NSi.BrH/c1-2-3-4-5-6-7-8-9-10-14-23-31(30-21-15-11-16-22-30)28-29-34(35,32-24-17-12-18-25-32)33-26-19-13-20-27-33;/h11-13,15-22,24-27,31H,2-10,14,23,28-29H2,1,35H3;1H/q+1;/p-1. The molecule has 3 rings (SSSR count). The second kappa shape index (κ2) is 17.7. The van der Waals surface area contributed by atoms with Crippen LogP contribution in [-0.2, 0) is 0 Å². The van der Waals surface area contributed by atoms with Crippen LogP contribution in [0.5, 0.6) is 0 Å². The highest BCUT2D eigenvalue weighted by Crippen LogP contribution is 2.35. The number of para-hydroxylation sites is 2. The zero-order chi connectivity index (χ0) is 24.6. The van der Waals surface area contributed by atoms with E-state index in [0.29, 0.717) is 5.92 Å². The topological polar surface area (TPSA) is 0 Å². The third kappa shape index (κ3) is 9.99. The van der Waals surface area contributed by atoms with E-state index in [1.165, 1.54) is 94.0 Å². The average molecular weight is 567 g/mol. The molecular formula is C33H48BrNSi. The minimum Gasteiger partial charge on any atom is -1.00 e. The molecule has 0 N–H and O–H groups in total. The van der Waals surface area contributed by atoms with Crippen molar-refractivity contribution in [2.75, 3.05) is 6.54 Å². The van der Waals surface area contributed by atoms with Gasteiger partial charge in [0.25, 0.3) is 0 Å². The zero-order valence-corrected chi connectivity index (χ0v) is 26.3. The lowest BCUT2D eigenvalue weighted by Crippen LogP contribution is -3.00. The Balaban J connectivity index is 0.00000456. The first-order valence-electron chi connectivity index (χ1n) is 14.3. The minimum absolute atomic E-state index is 0. The molecule has 3 aromatic rings. The molecule has 0 aliphatic rings. The Hall–Kier alpha value is -1.68. The molecule has 0 fully saturated rings. The lowest BCUT2D eigenvalue weighted by atomic mass is 9.89. The van der Waals surface area contributed by atoms with Gasteiger partial charge in [-0.05, 0) is 42.2 Å². The second-order valence-corrected chi connectivity index (χ2v) is 12.0. The van der Waals surface area contributed by atoms with Gasteiger partial charge in [0.05, 0.1) is 6.54 Å². The largest absolute Gasteiger partial charge is 1.00 e. The fourth-order valence-corrected chi connectivity index (χ4v) is 6.27. The highest BCUT2D eigenvalue weighted by atomic mass is 79.9. The Morgan fingerprint density at radius 1 is 0.556 bits per heavy atom. The van der Waals surface area contributed by atoms with Crippen LogP contribution in [0.3, 0.4) is 0 Å². The van der Waals surface area contributed by atoms with Crippen molar-refractivity contribution in [3.63, 3.8) is 0 Å².